The molecule has 0 bridgehead atoms. The van der Waals surface area contributed by atoms with E-state index in [0.29, 0.717) is 11.6 Å². The molecule has 0 aromatic rings. The lowest BCUT2D eigenvalue weighted by molar-refractivity contribution is -0.152. The first-order chi connectivity index (χ1) is 8.10. The van der Waals surface area contributed by atoms with Crippen molar-refractivity contribution in [3.05, 3.63) is 0 Å². The van der Waals surface area contributed by atoms with Crippen LogP contribution in [0.2, 0.25) is 0 Å². The van der Waals surface area contributed by atoms with Gasteiger partial charge in [-0.3, -0.25) is 4.79 Å². The van der Waals surface area contributed by atoms with Crippen LogP contribution in [0.4, 0.5) is 0 Å². The summed E-state index contributed by atoms with van der Waals surface area (Å²) in [6.07, 6.45) is 4.88. The molecule has 1 N–H and O–H groups in total. The van der Waals surface area contributed by atoms with Gasteiger partial charge in [0.25, 0.3) is 0 Å². The van der Waals surface area contributed by atoms with E-state index in [-0.39, 0.29) is 11.3 Å². The lowest BCUT2D eigenvalue weighted by atomic mass is 9.81. The Kier molecular flexibility index (Phi) is 3.66. The molecule has 2 aliphatic rings. The molecule has 0 spiro atoms. The lowest BCUT2D eigenvalue weighted by Gasteiger charge is -2.32. The smallest absolute Gasteiger partial charge is 0.327 e. The van der Waals surface area contributed by atoms with E-state index < -0.39 is 12.0 Å². The van der Waals surface area contributed by atoms with Gasteiger partial charge in [0.15, 0.2) is 0 Å². The average molecular weight is 257 g/mol. The van der Waals surface area contributed by atoms with Crippen molar-refractivity contribution in [1.82, 2.24) is 4.90 Å². The molecule has 1 saturated heterocycles. The number of nitrogens with zero attached hydrogens (tertiary/aromatic N) is 1. The average Bonchev–Trinajstić information content (AvgIpc) is 2.98. The lowest BCUT2D eigenvalue weighted by Crippen LogP contribution is -2.48. The van der Waals surface area contributed by atoms with Gasteiger partial charge in [-0.05, 0) is 19.3 Å². The van der Waals surface area contributed by atoms with E-state index in [1.807, 2.05) is 6.92 Å². The summed E-state index contributed by atoms with van der Waals surface area (Å²) in [7, 11) is 0. The van der Waals surface area contributed by atoms with E-state index >= 15 is 0 Å². The third-order valence-electron chi connectivity index (χ3n) is 4.12. The normalized spacial score (nSPS) is 27.4. The Balaban J connectivity index is 2.15. The van der Waals surface area contributed by atoms with Crippen LogP contribution in [0.5, 0.6) is 0 Å². The van der Waals surface area contributed by atoms with Crippen LogP contribution < -0.4 is 0 Å². The number of carboxylic acid groups (broad SMARTS) is 1. The Morgan fingerprint density at radius 2 is 2.06 bits per heavy atom. The molecule has 5 heteroatoms. The number of carbonyl (C=O) groups is 2. The van der Waals surface area contributed by atoms with Crippen molar-refractivity contribution >= 4 is 23.6 Å². The fourth-order valence-corrected chi connectivity index (χ4v) is 4.07. The molecule has 0 radical (unpaired) electrons. The third-order valence-corrected chi connectivity index (χ3v) is 5.13. The summed E-state index contributed by atoms with van der Waals surface area (Å²) < 4.78 is 0. The highest BCUT2D eigenvalue weighted by atomic mass is 32.2. The fourth-order valence-electron chi connectivity index (χ4n) is 2.92. The van der Waals surface area contributed by atoms with Crippen LogP contribution in [0.3, 0.4) is 0 Å². The molecule has 1 saturated carbocycles. The van der Waals surface area contributed by atoms with Crippen LogP contribution in [0.1, 0.15) is 39.0 Å². The molecule has 1 unspecified atom stereocenters. The number of hydrogen-bond acceptors (Lipinski definition) is 3. The zero-order valence-electron chi connectivity index (χ0n) is 10.1. The second kappa shape index (κ2) is 4.88. The number of amides is 1. The van der Waals surface area contributed by atoms with Crippen molar-refractivity contribution in [2.24, 2.45) is 5.41 Å². The van der Waals surface area contributed by atoms with E-state index in [9.17, 15) is 9.59 Å². The standard InChI is InChI=1S/C12H19NO3S/c1-2-12(5-3-4-6-12)11(16)13-8-17-7-9(13)10(14)15/h9H,2-8H2,1H3,(H,14,15). The molecule has 1 amide bonds. The van der Waals surface area contributed by atoms with Gasteiger partial charge in [-0.1, -0.05) is 19.8 Å². The summed E-state index contributed by atoms with van der Waals surface area (Å²) >= 11 is 1.54. The molecule has 1 aliphatic carbocycles. The van der Waals surface area contributed by atoms with Gasteiger partial charge in [-0.25, -0.2) is 4.79 Å². The third kappa shape index (κ3) is 2.17. The predicted molar refractivity (Wildman–Crippen MR) is 66.8 cm³/mol. The van der Waals surface area contributed by atoms with Crippen LogP contribution in [-0.4, -0.2) is 39.6 Å². The molecule has 1 aliphatic heterocycles. The Bertz CT molecular complexity index is 326. The molecule has 1 heterocycles. The van der Waals surface area contributed by atoms with Crippen molar-refractivity contribution in [2.45, 2.75) is 45.1 Å². The minimum Gasteiger partial charge on any atom is -0.480 e. The highest BCUT2D eigenvalue weighted by Gasteiger charge is 2.46. The number of hydrogen-bond donors (Lipinski definition) is 1. The zero-order valence-corrected chi connectivity index (χ0v) is 11.0. The minimum atomic E-state index is -0.868. The summed E-state index contributed by atoms with van der Waals surface area (Å²) in [5.74, 6) is 0.279. The van der Waals surface area contributed by atoms with Crippen molar-refractivity contribution in [3.63, 3.8) is 0 Å². The zero-order chi connectivity index (χ0) is 12.5. The van der Waals surface area contributed by atoms with Gasteiger partial charge in [0.1, 0.15) is 6.04 Å². The van der Waals surface area contributed by atoms with Gasteiger partial charge in [0, 0.05) is 11.2 Å². The number of rotatable bonds is 3. The summed E-state index contributed by atoms with van der Waals surface area (Å²) in [4.78, 5) is 25.3. The Hall–Kier alpha value is -0.710. The largest absolute Gasteiger partial charge is 0.480 e. The molecule has 2 rings (SSSR count). The van der Waals surface area contributed by atoms with E-state index in [4.69, 9.17) is 5.11 Å². The first kappa shape index (κ1) is 12.7. The number of aliphatic carboxylic acids is 1. The summed E-state index contributed by atoms with van der Waals surface area (Å²) in [5.41, 5.74) is -0.265. The van der Waals surface area contributed by atoms with E-state index in [1.165, 1.54) is 11.8 Å². The van der Waals surface area contributed by atoms with Crippen LogP contribution in [0.15, 0.2) is 0 Å². The monoisotopic (exact) mass is 257 g/mol. The van der Waals surface area contributed by atoms with Gasteiger partial charge in [0.2, 0.25) is 5.91 Å². The Morgan fingerprint density at radius 3 is 2.59 bits per heavy atom. The highest BCUT2D eigenvalue weighted by molar-refractivity contribution is 7.99. The maximum Gasteiger partial charge on any atom is 0.327 e. The van der Waals surface area contributed by atoms with Gasteiger partial charge in [-0.2, -0.15) is 0 Å². The molecule has 0 aromatic carbocycles. The quantitative estimate of drug-likeness (QED) is 0.839. The highest BCUT2D eigenvalue weighted by Crippen LogP contribution is 2.43. The topological polar surface area (TPSA) is 57.6 Å². The summed E-state index contributed by atoms with van der Waals surface area (Å²) in [6, 6.07) is -0.614. The number of carboxylic acids is 1. The van der Waals surface area contributed by atoms with Crippen LogP contribution in [-0.2, 0) is 9.59 Å². The molecule has 0 aromatic heterocycles. The molecule has 2 fully saturated rings. The van der Waals surface area contributed by atoms with Crippen LogP contribution in [0.25, 0.3) is 0 Å². The molecule has 96 valence electrons. The van der Waals surface area contributed by atoms with Gasteiger partial charge < -0.3 is 10.0 Å². The fraction of sp³-hybridized carbons (Fsp3) is 0.833. The number of thioether (sulfide) groups is 1. The molecular weight excluding hydrogens is 238 g/mol. The SMILES string of the molecule is CCC1(C(=O)N2CSCC2C(=O)O)CCCC1. The van der Waals surface area contributed by atoms with Crippen LogP contribution in [0, 0.1) is 5.41 Å². The van der Waals surface area contributed by atoms with E-state index in [1.54, 1.807) is 4.90 Å². The van der Waals surface area contributed by atoms with Crippen molar-refractivity contribution < 1.29 is 14.7 Å². The van der Waals surface area contributed by atoms with Crippen LogP contribution >= 0.6 is 11.8 Å². The Morgan fingerprint density at radius 1 is 1.41 bits per heavy atom. The predicted octanol–water partition coefficient (Wildman–Crippen LogP) is 1.94. The molecule has 1 atom stereocenters. The maximum absolute atomic E-state index is 12.6. The summed E-state index contributed by atoms with van der Waals surface area (Å²) in [5, 5.41) is 9.12. The first-order valence-electron chi connectivity index (χ1n) is 6.22. The van der Waals surface area contributed by atoms with Gasteiger partial charge >= 0.3 is 5.97 Å². The van der Waals surface area contributed by atoms with E-state index in [0.717, 1.165) is 32.1 Å². The number of carbonyl (C=O) groups excluding carboxylic acids is 1. The van der Waals surface area contributed by atoms with E-state index in [2.05, 4.69) is 0 Å². The first-order valence-corrected chi connectivity index (χ1v) is 7.38. The Labute approximate surface area is 106 Å². The second-order valence-corrected chi connectivity index (χ2v) is 5.97. The molecular formula is C12H19NO3S. The maximum atomic E-state index is 12.6. The molecule has 17 heavy (non-hydrogen) atoms. The van der Waals surface area contributed by atoms with Crippen molar-refractivity contribution in [1.29, 1.82) is 0 Å². The van der Waals surface area contributed by atoms with Gasteiger partial charge in [-0.15, -0.1) is 11.8 Å². The minimum absolute atomic E-state index is 0.0786. The van der Waals surface area contributed by atoms with Gasteiger partial charge in [0.05, 0.1) is 5.88 Å². The van der Waals surface area contributed by atoms with Crippen molar-refractivity contribution in [2.75, 3.05) is 11.6 Å². The van der Waals surface area contributed by atoms with Crippen molar-refractivity contribution in [3.8, 4) is 0 Å². The summed E-state index contributed by atoms with van der Waals surface area (Å²) in [6.45, 7) is 2.04. The molecule has 4 nitrogen and oxygen atoms in total. The second-order valence-electron chi connectivity index (χ2n) is 4.97.